The molecule has 0 aliphatic rings. The molecule has 0 aliphatic carbocycles. The van der Waals surface area contributed by atoms with Gasteiger partial charge in [-0.05, 0) is 18.2 Å². The van der Waals surface area contributed by atoms with Crippen molar-refractivity contribution in [3.8, 4) is 0 Å². The molecule has 0 saturated heterocycles. The number of benzene rings is 1. The Labute approximate surface area is 73.8 Å². The van der Waals surface area contributed by atoms with Crippen molar-refractivity contribution in [1.29, 1.82) is 0 Å². The first kappa shape index (κ1) is 8.83. The van der Waals surface area contributed by atoms with Gasteiger partial charge in [0.05, 0.1) is 0 Å². The Morgan fingerprint density at radius 1 is 1.55 bits per heavy atom. The molecule has 0 aliphatic heterocycles. The molecule has 11 heavy (non-hydrogen) atoms. The molecule has 1 rings (SSSR count). The van der Waals surface area contributed by atoms with E-state index >= 15 is 0 Å². The van der Waals surface area contributed by atoms with Gasteiger partial charge in [-0.15, -0.1) is 0 Å². The summed E-state index contributed by atoms with van der Waals surface area (Å²) < 4.78 is 32.2. The molecule has 0 radical (unpaired) electrons. The molecule has 1 aromatic carbocycles. The molecule has 0 amide bonds. The van der Waals surface area contributed by atoms with Gasteiger partial charge in [0, 0.05) is 4.47 Å². The van der Waals surface area contributed by atoms with Crippen molar-refractivity contribution in [2.75, 3.05) is 0 Å². The maximum atomic E-state index is 12.7. The third-order valence-corrected chi connectivity index (χ3v) is 2.28. The van der Waals surface area contributed by atoms with Gasteiger partial charge in [0.2, 0.25) is 0 Å². The van der Waals surface area contributed by atoms with Crippen LogP contribution in [0.4, 0.5) is 4.39 Å². The van der Waals surface area contributed by atoms with E-state index in [2.05, 4.69) is 15.9 Å². The lowest BCUT2D eigenvalue weighted by Crippen LogP contribution is -1.92. The lowest BCUT2D eigenvalue weighted by Gasteiger charge is -1.96. The molecule has 1 atom stereocenters. The minimum absolute atomic E-state index is 0.201. The first-order valence-corrected chi connectivity index (χ1v) is 4.57. The predicted molar refractivity (Wildman–Crippen MR) is 43.1 cm³/mol. The second-order valence-electron chi connectivity index (χ2n) is 1.82. The lowest BCUT2D eigenvalue weighted by atomic mass is 10.3. The lowest BCUT2D eigenvalue weighted by molar-refractivity contribution is 0.544. The minimum Gasteiger partial charge on any atom is -0.302 e. The summed E-state index contributed by atoms with van der Waals surface area (Å²) >= 11 is 0.780. The summed E-state index contributed by atoms with van der Waals surface area (Å²) in [7, 11) is 0. The third-order valence-electron chi connectivity index (χ3n) is 1.08. The van der Waals surface area contributed by atoms with Crippen LogP contribution in [0.1, 0.15) is 0 Å². The van der Waals surface area contributed by atoms with E-state index < -0.39 is 16.9 Å². The molecule has 0 saturated carbocycles. The number of halogens is 2. The monoisotopic (exact) mass is 238 g/mol. The fourth-order valence-corrected chi connectivity index (χ4v) is 1.36. The van der Waals surface area contributed by atoms with Crippen LogP contribution in [0, 0.1) is 5.82 Å². The first-order chi connectivity index (χ1) is 5.11. The van der Waals surface area contributed by atoms with Crippen LogP contribution < -0.4 is 0 Å². The van der Waals surface area contributed by atoms with Gasteiger partial charge >= 0.3 is 0 Å². The minimum atomic E-state index is -2.24. The SMILES string of the molecule is O=S(O)c1ccc(Br)cc1F. The van der Waals surface area contributed by atoms with Crippen molar-refractivity contribution in [1.82, 2.24) is 0 Å². The number of hydrogen-bond acceptors (Lipinski definition) is 1. The molecular weight excluding hydrogens is 235 g/mol. The van der Waals surface area contributed by atoms with E-state index in [1.165, 1.54) is 12.1 Å². The van der Waals surface area contributed by atoms with E-state index in [1.807, 2.05) is 0 Å². The van der Waals surface area contributed by atoms with Gasteiger partial charge in [-0.25, -0.2) is 8.60 Å². The molecule has 1 unspecified atom stereocenters. The molecule has 2 nitrogen and oxygen atoms in total. The smallest absolute Gasteiger partial charge is 0.189 e. The molecule has 1 N–H and O–H groups in total. The highest BCUT2D eigenvalue weighted by Gasteiger charge is 2.06. The quantitative estimate of drug-likeness (QED) is 0.762. The fraction of sp³-hybridized carbons (Fsp3) is 0. The second-order valence-corrected chi connectivity index (χ2v) is 3.68. The zero-order valence-corrected chi connectivity index (χ0v) is 7.65. The van der Waals surface area contributed by atoms with E-state index in [1.54, 1.807) is 0 Å². The molecular formula is C6H4BrFO2S. The zero-order chi connectivity index (χ0) is 8.43. The van der Waals surface area contributed by atoms with Crippen LogP contribution in [-0.4, -0.2) is 8.76 Å². The van der Waals surface area contributed by atoms with Crippen molar-refractivity contribution in [3.05, 3.63) is 28.5 Å². The summed E-state index contributed by atoms with van der Waals surface area (Å²) in [5.41, 5.74) is 0. The maximum absolute atomic E-state index is 12.7. The molecule has 0 spiro atoms. The van der Waals surface area contributed by atoms with Crippen molar-refractivity contribution >= 4 is 27.0 Å². The summed E-state index contributed by atoms with van der Waals surface area (Å²) in [6, 6.07) is 3.91. The van der Waals surface area contributed by atoms with Crippen LogP contribution in [0.5, 0.6) is 0 Å². The highest BCUT2D eigenvalue weighted by Crippen LogP contribution is 2.16. The van der Waals surface area contributed by atoms with Crippen LogP contribution in [0.3, 0.4) is 0 Å². The molecule has 0 heterocycles. The Bertz CT molecular complexity index is 303. The van der Waals surface area contributed by atoms with E-state index in [0.717, 1.165) is 6.07 Å². The standard InChI is InChI=1S/C6H4BrFO2S/c7-4-1-2-6(11(9)10)5(8)3-4/h1-3H,(H,9,10). The Balaban J connectivity index is 3.20. The second kappa shape index (κ2) is 3.42. The van der Waals surface area contributed by atoms with E-state index in [-0.39, 0.29) is 4.90 Å². The fourth-order valence-electron chi connectivity index (χ4n) is 0.617. The van der Waals surface area contributed by atoms with Crippen LogP contribution in [0.15, 0.2) is 27.6 Å². The van der Waals surface area contributed by atoms with E-state index in [9.17, 15) is 8.60 Å². The van der Waals surface area contributed by atoms with Crippen molar-refractivity contribution in [2.45, 2.75) is 4.90 Å². The molecule has 0 bridgehead atoms. The zero-order valence-electron chi connectivity index (χ0n) is 5.25. The molecule has 5 heteroatoms. The topological polar surface area (TPSA) is 37.3 Å². The Morgan fingerprint density at radius 2 is 2.18 bits per heavy atom. The molecule has 0 aromatic heterocycles. The van der Waals surface area contributed by atoms with Crippen molar-refractivity contribution in [3.63, 3.8) is 0 Å². The number of hydrogen-bond donors (Lipinski definition) is 1. The summed E-state index contributed by atoms with van der Waals surface area (Å²) in [5.74, 6) is -0.680. The van der Waals surface area contributed by atoms with Gasteiger partial charge in [0.25, 0.3) is 0 Å². The maximum Gasteiger partial charge on any atom is 0.189 e. The summed E-state index contributed by atoms with van der Waals surface area (Å²) in [5, 5.41) is 0. The average Bonchev–Trinajstić information content (AvgIpc) is 1.85. The van der Waals surface area contributed by atoms with Crippen molar-refractivity contribution in [2.24, 2.45) is 0 Å². The predicted octanol–water partition coefficient (Wildman–Crippen LogP) is 2.17. The summed E-state index contributed by atoms with van der Waals surface area (Å²) in [6.07, 6.45) is 0. The molecule has 60 valence electrons. The van der Waals surface area contributed by atoms with Crippen LogP contribution in [0.2, 0.25) is 0 Å². The highest BCUT2D eigenvalue weighted by molar-refractivity contribution is 9.10. The van der Waals surface area contributed by atoms with Gasteiger partial charge < -0.3 is 4.55 Å². The van der Waals surface area contributed by atoms with Crippen LogP contribution in [0.25, 0.3) is 0 Å². The van der Waals surface area contributed by atoms with Gasteiger partial charge in [0.15, 0.2) is 11.1 Å². The van der Waals surface area contributed by atoms with Crippen molar-refractivity contribution < 1.29 is 13.2 Å². The summed E-state index contributed by atoms with van der Waals surface area (Å²) in [4.78, 5) is -0.201. The molecule has 0 fully saturated rings. The van der Waals surface area contributed by atoms with Gasteiger partial charge in [-0.3, -0.25) is 0 Å². The average molecular weight is 239 g/mol. The highest BCUT2D eigenvalue weighted by atomic mass is 79.9. The molecule has 1 aromatic rings. The van der Waals surface area contributed by atoms with Gasteiger partial charge in [-0.1, -0.05) is 15.9 Å². The Kier molecular flexibility index (Phi) is 2.75. The first-order valence-electron chi connectivity index (χ1n) is 2.67. The van der Waals surface area contributed by atoms with E-state index in [4.69, 9.17) is 4.55 Å². The van der Waals surface area contributed by atoms with Crippen LogP contribution >= 0.6 is 15.9 Å². The van der Waals surface area contributed by atoms with Gasteiger partial charge in [0.1, 0.15) is 10.7 Å². The largest absolute Gasteiger partial charge is 0.302 e. The Hall–Kier alpha value is -0.260. The normalized spacial score (nSPS) is 13.0. The van der Waals surface area contributed by atoms with Crippen LogP contribution in [-0.2, 0) is 11.1 Å². The number of rotatable bonds is 1. The Morgan fingerprint density at radius 3 is 2.64 bits per heavy atom. The van der Waals surface area contributed by atoms with Gasteiger partial charge in [-0.2, -0.15) is 0 Å². The third kappa shape index (κ3) is 2.08. The summed E-state index contributed by atoms with van der Waals surface area (Å²) in [6.45, 7) is 0. The van der Waals surface area contributed by atoms with E-state index in [0.29, 0.717) is 4.47 Å².